The smallest absolute Gasteiger partial charge is 0.337 e. The van der Waals surface area contributed by atoms with Crippen molar-refractivity contribution >= 4 is 17.6 Å². The maximum Gasteiger partial charge on any atom is 0.337 e. The minimum atomic E-state index is -0.388. The number of carbonyl (C=O) groups is 2. The summed E-state index contributed by atoms with van der Waals surface area (Å²) in [5.41, 5.74) is 2.44. The molecule has 0 spiro atoms. The van der Waals surface area contributed by atoms with Crippen molar-refractivity contribution in [2.75, 3.05) is 38.4 Å². The van der Waals surface area contributed by atoms with Crippen LogP contribution in [0.3, 0.4) is 0 Å². The van der Waals surface area contributed by atoms with Gasteiger partial charge in [0, 0.05) is 24.6 Å². The van der Waals surface area contributed by atoms with Gasteiger partial charge in [0.25, 0.3) is 0 Å². The SMILES string of the molecule is COC(=O)c1ccc(OCC2CC(=O)N(c3ccc(OCCOCc4ccccc4)cc3)C2)cc1. The van der Waals surface area contributed by atoms with Gasteiger partial charge in [-0.1, -0.05) is 30.3 Å². The zero-order valence-corrected chi connectivity index (χ0v) is 19.7. The molecule has 0 aliphatic carbocycles. The van der Waals surface area contributed by atoms with Gasteiger partial charge in [-0.15, -0.1) is 0 Å². The van der Waals surface area contributed by atoms with Gasteiger partial charge >= 0.3 is 5.97 Å². The number of hydrogen-bond acceptors (Lipinski definition) is 6. The quantitative estimate of drug-likeness (QED) is 0.300. The summed E-state index contributed by atoms with van der Waals surface area (Å²) in [5.74, 6) is 1.15. The molecule has 0 N–H and O–H groups in total. The van der Waals surface area contributed by atoms with Gasteiger partial charge in [0.2, 0.25) is 5.91 Å². The van der Waals surface area contributed by atoms with E-state index in [1.54, 1.807) is 29.2 Å². The van der Waals surface area contributed by atoms with E-state index in [4.69, 9.17) is 18.9 Å². The van der Waals surface area contributed by atoms with Crippen LogP contribution in [0.25, 0.3) is 0 Å². The lowest BCUT2D eigenvalue weighted by atomic mass is 10.1. The zero-order chi connectivity index (χ0) is 24.5. The van der Waals surface area contributed by atoms with E-state index in [1.165, 1.54) is 7.11 Å². The van der Waals surface area contributed by atoms with Crippen LogP contribution in [-0.2, 0) is 20.9 Å². The highest BCUT2D eigenvalue weighted by Crippen LogP contribution is 2.27. The van der Waals surface area contributed by atoms with Crippen molar-refractivity contribution in [3.05, 3.63) is 90.0 Å². The second-order valence-electron chi connectivity index (χ2n) is 8.28. The first-order chi connectivity index (χ1) is 17.1. The van der Waals surface area contributed by atoms with Crippen molar-refractivity contribution in [1.82, 2.24) is 0 Å². The van der Waals surface area contributed by atoms with Gasteiger partial charge in [-0.3, -0.25) is 4.79 Å². The van der Waals surface area contributed by atoms with Crippen LogP contribution in [0.4, 0.5) is 5.69 Å². The fraction of sp³-hybridized carbons (Fsp3) is 0.286. The summed E-state index contributed by atoms with van der Waals surface area (Å²) in [7, 11) is 1.35. The zero-order valence-electron chi connectivity index (χ0n) is 19.7. The van der Waals surface area contributed by atoms with Gasteiger partial charge in [-0.25, -0.2) is 4.79 Å². The van der Waals surface area contributed by atoms with Crippen molar-refractivity contribution in [2.45, 2.75) is 13.0 Å². The normalized spacial score (nSPS) is 15.2. The predicted octanol–water partition coefficient (Wildman–Crippen LogP) is 4.50. The van der Waals surface area contributed by atoms with E-state index in [2.05, 4.69) is 0 Å². The molecule has 3 aromatic rings. The lowest BCUT2D eigenvalue weighted by Gasteiger charge is -2.17. The Morgan fingerprint density at radius 3 is 2.29 bits per heavy atom. The Balaban J connectivity index is 1.20. The average molecular weight is 476 g/mol. The number of benzene rings is 3. The first kappa shape index (κ1) is 24.3. The second kappa shape index (κ2) is 12.0. The van der Waals surface area contributed by atoms with Crippen LogP contribution in [0.1, 0.15) is 22.3 Å². The topological polar surface area (TPSA) is 74.3 Å². The number of ether oxygens (including phenoxy) is 4. The van der Waals surface area contributed by atoms with E-state index in [9.17, 15) is 9.59 Å². The molecule has 7 heteroatoms. The van der Waals surface area contributed by atoms with Crippen LogP contribution in [-0.4, -0.2) is 45.4 Å². The third-order valence-electron chi connectivity index (χ3n) is 5.72. The monoisotopic (exact) mass is 475 g/mol. The first-order valence-electron chi connectivity index (χ1n) is 11.6. The van der Waals surface area contributed by atoms with Gasteiger partial charge in [0.05, 0.1) is 32.5 Å². The van der Waals surface area contributed by atoms with E-state index in [1.807, 2.05) is 54.6 Å². The Labute approximate surface area is 205 Å². The van der Waals surface area contributed by atoms with Crippen molar-refractivity contribution in [3.63, 3.8) is 0 Å². The third kappa shape index (κ3) is 6.83. The summed E-state index contributed by atoms with van der Waals surface area (Å²) in [6, 6.07) is 24.3. The lowest BCUT2D eigenvalue weighted by Crippen LogP contribution is -2.25. The maximum atomic E-state index is 12.6. The molecule has 1 aliphatic heterocycles. The van der Waals surface area contributed by atoms with Crippen molar-refractivity contribution < 1.29 is 28.5 Å². The molecule has 1 fully saturated rings. The molecule has 1 heterocycles. The van der Waals surface area contributed by atoms with E-state index >= 15 is 0 Å². The number of hydrogen-bond donors (Lipinski definition) is 0. The molecule has 4 rings (SSSR count). The van der Waals surface area contributed by atoms with Crippen LogP contribution in [0.5, 0.6) is 11.5 Å². The van der Waals surface area contributed by atoms with Crippen LogP contribution in [0.15, 0.2) is 78.9 Å². The number of rotatable bonds is 11. The highest BCUT2D eigenvalue weighted by molar-refractivity contribution is 5.95. The molecule has 0 radical (unpaired) electrons. The van der Waals surface area contributed by atoms with E-state index < -0.39 is 0 Å². The standard InChI is InChI=1S/C28H29NO6/c1-32-28(31)23-7-11-26(12-8-23)35-20-22-17-27(30)29(18-22)24-9-13-25(14-10-24)34-16-15-33-19-21-5-3-2-4-6-21/h2-14,22H,15-20H2,1H3. The molecule has 3 aromatic carbocycles. The summed E-state index contributed by atoms with van der Waals surface area (Å²) >= 11 is 0. The molecule has 1 atom stereocenters. The number of esters is 1. The Morgan fingerprint density at radius 1 is 0.886 bits per heavy atom. The van der Waals surface area contributed by atoms with E-state index in [0.717, 1.165) is 17.0 Å². The van der Waals surface area contributed by atoms with Gasteiger partial charge in [0.15, 0.2) is 0 Å². The first-order valence-corrected chi connectivity index (χ1v) is 11.6. The lowest BCUT2D eigenvalue weighted by molar-refractivity contribution is -0.117. The molecule has 1 unspecified atom stereocenters. The molecule has 1 saturated heterocycles. The molecule has 182 valence electrons. The summed E-state index contributed by atoms with van der Waals surface area (Å²) < 4.78 is 21.9. The van der Waals surface area contributed by atoms with Crippen LogP contribution in [0.2, 0.25) is 0 Å². The molecule has 0 saturated carbocycles. The number of amides is 1. The molecular weight excluding hydrogens is 446 g/mol. The molecule has 0 aromatic heterocycles. The fourth-order valence-corrected chi connectivity index (χ4v) is 3.87. The molecule has 1 aliphatic rings. The predicted molar refractivity (Wildman–Crippen MR) is 132 cm³/mol. The number of anilines is 1. The molecule has 0 bridgehead atoms. The highest BCUT2D eigenvalue weighted by Gasteiger charge is 2.31. The Hall–Kier alpha value is -3.84. The third-order valence-corrected chi connectivity index (χ3v) is 5.72. The Morgan fingerprint density at radius 2 is 1.57 bits per heavy atom. The Kier molecular flexibility index (Phi) is 8.35. The number of methoxy groups -OCH3 is 1. The van der Waals surface area contributed by atoms with Gasteiger partial charge < -0.3 is 23.8 Å². The number of nitrogens with zero attached hydrogens (tertiary/aromatic N) is 1. The second-order valence-corrected chi connectivity index (χ2v) is 8.28. The van der Waals surface area contributed by atoms with Crippen molar-refractivity contribution in [1.29, 1.82) is 0 Å². The minimum Gasteiger partial charge on any atom is -0.493 e. The van der Waals surface area contributed by atoms with Gasteiger partial charge in [-0.05, 0) is 54.1 Å². The maximum absolute atomic E-state index is 12.6. The van der Waals surface area contributed by atoms with Crippen LogP contribution < -0.4 is 14.4 Å². The fourth-order valence-electron chi connectivity index (χ4n) is 3.87. The molecule has 35 heavy (non-hydrogen) atoms. The molecular formula is C28H29NO6. The van der Waals surface area contributed by atoms with Gasteiger partial charge in [-0.2, -0.15) is 0 Å². The van der Waals surface area contributed by atoms with Crippen LogP contribution in [0, 0.1) is 5.92 Å². The van der Waals surface area contributed by atoms with E-state index in [0.29, 0.717) is 50.7 Å². The van der Waals surface area contributed by atoms with Gasteiger partial charge in [0.1, 0.15) is 18.1 Å². The summed E-state index contributed by atoms with van der Waals surface area (Å²) in [6.45, 7) is 2.52. The summed E-state index contributed by atoms with van der Waals surface area (Å²) in [6.07, 6.45) is 0.428. The largest absolute Gasteiger partial charge is 0.493 e. The van der Waals surface area contributed by atoms with Crippen molar-refractivity contribution in [2.24, 2.45) is 5.92 Å². The van der Waals surface area contributed by atoms with Crippen molar-refractivity contribution in [3.8, 4) is 11.5 Å². The van der Waals surface area contributed by atoms with Crippen LogP contribution >= 0.6 is 0 Å². The summed E-state index contributed by atoms with van der Waals surface area (Å²) in [5, 5.41) is 0. The van der Waals surface area contributed by atoms with E-state index in [-0.39, 0.29) is 17.8 Å². The summed E-state index contributed by atoms with van der Waals surface area (Å²) in [4.78, 5) is 25.9. The highest BCUT2D eigenvalue weighted by atomic mass is 16.5. The average Bonchev–Trinajstić information content (AvgIpc) is 3.28. The number of carbonyl (C=O) groups excluding carboxylic acids is 2. The Bertz CT molecular complexity index is 1100. The molecule has 7 nitrogen and oxygen atoms in total. The minimum absolute atomic E-state index is 0.0719. The molecule has 1 amide bonds.